The maximum atomic E-state index is 11.9. The number of carbonyl (C=O) groups is 1. The topological polar surface area (TPSA) is 95.6 Å². The van der Waals surface area contributed by atoms with Gasteiger partial charge in [-0.3, -0.25) is 4.79 Å². The highest BCUT2D eigenvalue weighted by Gasteiger charge is 2.11. The van der Waals surface area contributed by atoms with Crippen molar-refractivity contribution in [3.05, 3.63) is 45.6 Å². The number of amides is 1. The molecule has 5 N–H and O–H groups in total. The molecule has 0 aliphatic carbocycles. The lowest BCUT2D eigenvalue weighted by molar-refractivity contribution is 0.0948. The smallest absolute Gasteiger partial charge is 0.255 e. The maximum absolute atomic E-state index is 11.9. The SMILES string of the molecule is NCC#Cc1csc(CNC(=O)c2ccc(O)cc2O)c1. The number of carbonyl (C=O) groups excluding carboxylic acids is 1. The van der Waals surface area contributed by atoms with Gasteiger partial charge in [0, 0.05) is 21.9 Å². The summed E-state index contributed by atoms with van der Waals surface area (Å²) in [5, 5.41) is 23.4. The molecule has 0 aliphatic heterocycles. The van der Waals surface area contributed by atoms with E-state index < -0.39 is 5.91 Å². The average molecular weight is 302 g/mol. The first-order valence-electron chi connectivity index (χ1n) is 6.16. The van der Waals surface area contributed by atoms with Crippen LogP contribution in [0.1, 0.15) is 20.8 Å². The van der Waals surface area contributed by atoms with E-state index in [-0.39, 0.29) is 17.1 Å². The fraction of sp³-hybridized carbons (Fsp3) is 0.133. The number of nitrogens with two attached hydrogens (primary N) is 1. The Morgan fingerprint density at radius 2 is 2.14 bits per heavy atom. The van der Waals surface area contributed by atoms with Crippen LogP contribution >= 0.6 is 11.3 Å². The minimum absolute atomic E-state index is 0.0922. The number of phenols is 2. The summed E-state index contributed by atoms with van der Waals surface area (Å²) in [4.78, 5) is 12.9. The monoisotopic (exact) mass is 302 g/mol. The Bertz CT molecular complexity index is 713. The standard InChI is InChI=1S/C15H14N2O3S/c16-5-1-2-10-6-12(21-9-10)8-17-15(20)13-4-3-11(18)7-14(13)19/h3-4,6-7,9,18-19H,5,8,16H2,(H,17,20). The van der Waals surface area contributed by atoms with Crippen LogP contribution in [0, 0.1) is 11.8 Å². The number of nitrogens with one attached hydrogen (secondary N) is 1. The van der Waals surface area contributed by atoms with Gasteiger partial charge in [-0.15, -0.1) is 11.3 Å². The molecule has 0 unspecified atom stereocenters. The van der Waals surface area contributed by atoms with Crippen LogP contribution in [0.2, 0.25) is 0 Å². The lowest BCUT2D eigenvalue weighted by Gasteiger charge is -2.06. The van der Waals surface area contributed by atoms with Gasteiger partial charge in [0.25, 0.3) is 5.91 Å². The predicted molar refractivity (Wildman–Crippen MR) is 81.2 cm³/mol. The van der Waals surface area contributed by atoms with Crippen molar-refractivity contribution in [3.63, 3.8) is 0 Å². The molecule has 0 radical (unpaired) electrons. The van der Waals surface area contributed by atoms with E-state index >= 15 is 0 Å². The van der Waals surface area contributed by atoms with E-state index in [2.05, 4.69) is 17.2 Å². The number of aromatic hydroxyl groups is 2. The second kappa shape index (κ2) is 6.79. The van der Waals surface area contributed by atoms with Crippen LogP contribution in [-0.2, 0) is 6.54 Å². The van der Waals surface area contributed by atoms with Crippen LogP contribution < -0.4 is 11.1 Å². The summed E-state index contributed by atoms with van der Waals surface area (Å²) in [5.41, 5.74) is 6.28. The van der Waals surface area contributed by atoms with Crippen LogP contribution in [0.4, 0.5) is 0 Å². The second-order valence-corrected chi connectivity index (χ2v) is 5.19. The third-order valence-corrected chi connectivity index (χ3v) is 3.57. The molecule has 6 heteroatoms. The molecule has 2 aromatic rings. The number of hydrogen-bond acceptors (Lipinski definition) is 5. The van der Waals surface area contributed by atoms with E-state index in [1.165, 1.54) is 23.5 Å². The van der Waals surface area contributed by atoms with Crippen molar-refractivity contribution in [1.29, 1.82) is 0 Å². The van der Waals surface area contributed by atoms with Crippen molar-refractivity contribution >= 4 is 17.2 Å². The zero-order valence-electron chi connectivity index (χ0n) is 11.1. The van der Waals surface area contributed by atoms with Gasteiger partial charge in [0.15, 0.2) is 0 Å². The van der Waals surface area contributed by atoms with E-state index in [0.717, 1.165) is 16.5 Å². The quantitative estimate of drug-likeness (QED) is 0.644. The molecule has 2 rings (SSSR count). The molecular formula is C15H14N2O3S. The number of benzene rings is 1. The van der Waals surface area contributed by atoms with Gasteiger partial charge < -0.3 is 21.3 Å². The zero-order chi connectivity index (χ0) is 15.2. The molecule has 0 bridgehead atoms. The molecule has 0 spiro atoms. The van der Waals surface area contributed by atoms with E-state index in [1.54, 1.807) is 0 Å². The lowest BCUT2D eigenvalue weighted by atomic mass is 10.2. The number of rotatable bonds is 3. The molecule has 1 aromatic carbocycles. The molecule has 21 heavy (non-hydrogen) atoms. The zero-order valence-corrected chi connectivity index (χ0v) is 11.9. The molecule has 0 saturated carbocycles. The Kier molecular flexibility index (Phi) is 4.82. The second-order valence-electron chi connectivity index (χ2n) is 4.19. The Morgan fingerprint density at radius 1 is 1.33 bits per heavy atom. The van der Waals surface area contributed by atoms with E-state index in [0.29, 0.717) is 13.1 Å². The molecule has 1 aromatic heterocycles. The Morgan fingerprint density at radius 3 is 2.86 bits per heavy atom. The van der Waals surface area contributed by atoms with Gasteiger partial charge in [0.2, 0.25) is 0 Å². The Balaban J connectivity index is 1.99. The molecule has 108 valence electrons. The highest BCUT2D eigenvalue weighted by Crippen LogP contribution is 2.22. The fourth-order valence-electron chi connectivity index (χ4n) is 1.67. The number of thiophene rings is 1. The summed E-state index contributed by atoms with van der Waals surface area (Å²) in [5.74, 6) is 4.92. The van der Waals surface area contributed by atoms with Gasteiger partial charge in [-0.1, -0.05) is 11.8 Å². The van der Waals surface area contributed by atoms with Crippen molar-refractivity contribution in [1.82, 2.24) is 5.32 Å². The Hall–Kier alpha value is -2.49. The van der Waals surface area contributed by atoms with E-state index in [1.807, 2.05) is 11.4 Å². The highest BCUT2D eigenvalue weighted by molar-refractivity contribution is 7.10. The molecule has 0 aliphatic rings. The van der Waals surface area contributed by atoms with Crippen LogP contribution in [0.15, 0.2) is 29.6 Å². The highest BCUT2D eigenvalue weighted by atomic mass is 32.1. The van der Waals surface area contributed by atoms with Crippen LogP contribution in [-0.4, -0.2) is 22.7 Å². The van der Waals surface area contributed by atoms with Crippen molar-refractivity contribution in [2.24, 2.45) is 5.73 Å². The third-order valence-electron chi connectivity index (χ3n) is 2.64. The van der Waals surface area contributed by atoms with Crippen LogP contribution in [0.5, 0.6) is 11.5 Å². The summed E-state index contributed by atoms with van der Waals surface area (Å²) in [6, 6.07) is 5.72. The molecule has 1 amide bonds. The van der Waals surface area contributed by atoms with E-state index in [9.17, 15) is 15.0 Å². The average Bonchev–Trinajstić information content (AvgIpc) is 2.90. The Labute approximate surface area is 126 Å². The van der Waals surface area contributed by atoms with Gasteiger partial charge in [-0.2, -0.15) is 0 Å². The van der Waals surface area contributed by atoms with Crippen LogP contribution in [0.25, 0.3) is 0 Å². The first-order valence-corrected chi connectivity index (χ1v) is 7.04. The summed E-state index contributed by atoms with van der Waals surface area (Å²) in [7, 11) is 0. The maximum Gasteiger partial charge on any atom is 0.255 e. The molecular weight excluding hydrogens is 288 g/mol. The molecule has 0 saturated heterocycles. The predicted octanol–water partition coefficient (Wildman–Crippen LogP) is 1.40. The lowest BCUT2D eigenvalue weighted by Crippen LogP contribution is -2.22. The number of hydrogen-bond donors (Lipinski definition) is 4. The third kappa shape index (κ3) is 3.99. The molecule has 1 heterocycles. The van der Waals surface area contributed by atoms with Crippen molar-refractivity contribution in [2.75, 3.05) is 6.54 Å². The van der Waals surface area contributed by atoms with Gasteiger partial charge in [0.1, 0.15) is 11.5 Å². The minimum atomic E-state index is -0.407. The minimum Gasteiger partial charge on any atom is -0.508 e. The van der Waals surface area contributed by atoms with Gasteiger partial charge in [-0.25, -0.2) is 0 Å². The largest absolute Gasteiger partial charge is 0.508 e. The normalized spacial score (nSPS) is 9.76. The molecule has 0 fully saturated rings. The first kappa shape index (κ1) is 14.9. The van der Waals surface area contributed by atoms with Gasteiger partial charge >= 0.3 is 0 Å². The van der Waals surface area contributed by atoms with Gasteiger partial charge in [-0.05, 0) is 18.2 Å². The molecule has 5 nitrogen and oxygen atoms in total. The van der Waals surface area contributed by atoms with Crippen molar-refractivity contribution in [3.8, 4) is 23.3 Å². The molecule has 0 atom stereocenters. The summed E-state index contributed by atoms with van der Waals surface area (Å²) in [6.07, 6.45) is 0. The summed E-state index contributed by atoms with van der Waals surface area (Å²) < 4.78 is 0. The van der Waals surface area contributed by atoms with E-state index in [4.69, 9.17) is 5.73 Å². The van der Waals surface area contributed by atoms with Crippen molar-refractivity contribution in [2.45, 2.75) is 6.54 Å². The van der Waals surface area contributed by atoms with Gasteiger partial charge in [0.05, 0.1) is 18.7 Å². The first-order chi connectivity index (χ1) is 10.1. The van der Waals surface area contributed by atoms with Crippen molar-refractivity contribution < 1.29 is 15.0 Å². The summed E-state index contributed by atoms with van der Waals surface area (Å²) >= 11 is 1.48. The number of phenolic OH excluding ortho intramolecular Hbond substituents is 2. The summed E-state index contributed by atoms with van der Waals surface area (Å²) in [6.45, 7) is 0.649. The van der Waals surface area contributed by atoms with Crippen LogP contribution in [0.3, 0.4) is 0 Å². The fourth-order valence-corrected chi connectivity index (χ4v) is 2.42.